The number of aliphatic hydroxyl groups excluding tert-OH is 1. The first-order chi connectivity index (χ1) is 6.26. The van der Waals surface area contributed by atoms with Crippen LogP contribution < -0.4 is 5.32 Å². The summed E-state index contributed by atoms with van der Waals surface area (Å²) in [5.74, 6) is 0. The molecule has 0 aliphatic carbocycles. The second-order valence-electron chi connectivity index (χ2n) is 3.61. The maximum Gasteiger partial charge on any atom is 0.146 e. The van der Waals surface area contributed by atoms with Crippen molar-refractivity contribution in [2.45, 2.75) is 38.0 Å². The van der Waals surface area contributed by atoms with Gasteiger partial charge in [0.25, 0.3) is 0 Å². The summed E-state index contributed by atoms with van der Waals surface area (Å²) in [6.45, 7) is 2.62. The van der Waals surface area contributed by atoms with Crippen LogP contribution in [-0.4, -0.2) is 43.8 Å². The molecule has 0 aromatic carbocycles. The molecule has 0 radical (unpaired) electrons. The van der Waals surface area contributed by atoms with E-state index in [1.165, 1.54) is 0 Å². The van der Waals surface area contributed by atoms with Gasteiger partial charge in [-0.1, -0.05) is 0 Å². The average Bonchev–Trinajstić information content (AvgIpc) is 2.14. The second kappa shape index (κ2) is 5.54. The van der Waals surface area contributed by atoms with Gasteiger partial charge in [0, 0.05) is 19.2 Å². The van der Waals surface area contributed by atoms with Gasteiger partial charge in [-0.15, -0.1) is 0 Å². The lowest BCUT2D eigenvalue weighted by Gasteiger charge is -2.33. The Morgan fingerprint density at radius 1 is 1.46 bits per heavy atom. The molecule has 0 aromatic heterocycles. The van der Waals surface area contributed by atoms with Gasteiger partial charge < -0.3 is 19.9 Å². The van der Waals surface area contributed by atoms with E-state index >= 15 is 0 Å². The van der Waals surface area contributed by atoms with Gasteiger partial charge >= 0.3 is 0 Å². The highest BCUT2D eigenvalue weighted by Gasteiger charge is 2.25. The van der Waals surface area contributed by atoms with Crippen molar-refractivity contribution < 1.29 is 14.6 Å². The summed E-state index contributed by atoms with van der Waals surface area (Å²) in [6.07, 6.45) is 2.07. The second-order valence-corrected chi connectivity index (χ2v) is 3.61. The molecule has 0 saturated carbocycles. The minimum atomic E-state index is 0.172. The molecule has 0 spiro atoms. The van der Waals surface area contributed by atoms with E-state index in [2.05, 4.69) is 12.2 Å². The SMILES string of the molecule is COCO[C@@H]1C[C@H](CO)N[C@H](C)C1. The third kappa shape index (κ3) is 3.60. The van der Waals surface area contributed by atoms with Crippen molar-refractivity contribution in [1.29, 1.82) is 0 Å². The van der Waals surface area contributed by atoms with Crippen molar-refractivity contribution in [2.75, 3.05) is 20.5 Å². The summed E-state index contributed by atoms with van der Waals surface area (Å²) < 4.78 is 10.3. The Bertz CT molecular complexity index is 143. The van der Waals surface area contributed by atoms with E-state index in [0.717, 1.165) is 12.8 Å². The van der Waals surface area contributed by atoms with Crippen molar-refractivity contribution in [2.24, 2.45) is 0 Å². The first kappa shape index (κ1) is 10.9. The van der Waals surface area contributed by atoms with Crippen LogP contribution in [0.15, 0.2) is 0 Å². The van der Waals surface area contributed by atoms with Crippen molar-refractivity contribution in [3.63, 3.8) is 0 Å². The molecule has 1 fully saturated rings. The van der Waals surface area contributed by atoms with Crippen LogP contribution in [0.3, 0.4) is 0 Å². The number of methoxy groups -OCH3 is 1. The van der Waals surface area contributed by atoms with E-state index in [1.54, 1.807) is 7.11 Å². The Morgan fingerprint density at radius 3 is 2.85 bits per heavy atom. The molecule has 13 heavy (non-hydrogen) atoms. The first-order valence-electron chi connectivity index (χ1n) is 4.73. The highest BCUT2D eigenvalue weighted by molar-refractivity contribution is 4.83. The molecule has 78 valence electrons. The van der Waals surface area contributed by atoms with Crippen molar-refractivity contribution in [3.05, 3.63) is 0 Å². The summed E-state index contributed by atoms with van der Waals surface area (Å²) in [5.41, 5.74) is 0. The fraction of sp³-hybridized carbons (Fsp3) is 1.00. The maximum absolute atomic E-state index is 9.00. The largest absolute Gasteiger partial charge is 0.395 e. The number of nitrogens with one attached hydrogen (secondary N) is 1. The predicted octanol–water partition coefficient (Wildman–Crippen LogP) is 0.108. The van der Waals surface area contributed by atoms with Gasteiger partial charge in [-0.25, -0.2) is 0 Å². The summed E-state index contributed by atoms with van der Waals surface area (Å²) >= 11 is 0. The topological polar surface area (TPSA) is 50.7 Å². The third-order valence-electron chi connectivity index (χ3n) is 2.33. The molecule has 1 heterocycles. The predicted molar refractivity (Wildman–Crippen MR) is 49.5 cm³/mol. The van der Waals surface area contributed by atoms with Crippen molar-refractivity contribution >= 4 is 0 Å². The number of aliphatic hydroxyl groups is 1. The zero-order chi connectivity index (χ0) is 9.68. The number of hydrogen-bond acceptors (Lipinski definition) is 4. The standard InChI is InChI=1S/C9H19NO3/c1-7-3-9(13-6-12-2)4-8(5-11)10-7/h7-11H,3-6H2,1-2H3/t7-,8-,9+/m1/s1. The highest BCUT2D eigenvalue weighted by atomic mass is 16.7. The zero-order valence-corrected chi connectivity index (χ0v) is 8.32. The molecule has 0 unspecified atom stereocenters. The van der Waals surface area contributed by atoms with E-state index in [1.807, 2.05) is 0 Å². The molecule has 4 heteroatoms. The summed E-state index contributed by atoms with van der Waals surface area (Å²) in [7, 11) is 1.62. The molecule has 0 amide bonds. The Morgan fingerprint density at radius 2 is 2.23 bits per heavy atom. The number of rotatable bonds is 4. The van der Waals surface area contributed by atoms with E-state index < -0.39 is 0 Å². The maximum atomic E-state index is 9.00. The summed E-state index contributed by atoms with van der Waals surface area (Å²) in [4.78, 5) is 0. The number of piperidine rings is 1. The van der Waals surface area contributed by atoms with Crippen LogP contribution in [0.2, 0.25) is 0 Å². The van der Waals surface area contributed by atoms with E-state index in [9.17, 15) is 0 Å². The smallest absolute Gasteiger partial charge is 0.146 e. The lowest BCUT2D eigenvalue weighted by atomic mass is 9.97. The van der Waals surface area contributed by atoms with E-state index in [4.69, 9.17) is 14.6 Å². The minimum absolute atomic E-state index is 0.172. The van der Waals surface area contributed by atoms with Crippen LogP contribution in [-0.2, 0) is 9.47 Å². The quantitative estimate of drug-likeness (QED) is 0.616. The molecular weight excluding hydrogens is 170 g/mol. The molecule has 4 nitrogen and oxygen atoms in total. The van der Waals surface area contributed by atoms with Crippen LogP contribution >= 0.6 is 0 Å². The Balaban J connectivity index is 2.29. The minimum Gasteiger partial charge on any atom is -0.395 e. The third-order valence-corrected chi connectivity index (χ3v) is 2.33. The Hall–Kier alpha value is -0.160. The van der Waals surface area contributed by atoms with Crippen molar-refractivity contribution in [1.82, 2.24) is 5.32 Å². The van der Waals surface area contributed by atoms with Crippen LogP contribution in [0.25, 0.3) is 0 Å². The van der Waals surface area contributed by atoms with Crippen molar-refractivity contribution in [3.8, 4) is 0 Å². The van der Waals surface area contributed by atoms with E-state index in [0.29, 0.717) is 12.8 Å². The van der Waals surface area contributed by atoms with Crippen LogP contribution in [0.5, 0.6) is 0 Å². The average molecular weight is 189 g/mol. The van der Waals surface area contributed by atoms with Gasteiger partial charge in [-0.05, 0) is 19.8 Å². The number of hydrogen-bond donors (Lipinski definition) is 2. The van der Waals surface area contributed by atoms with Gasteiger partial charge in [0.15, 0.2) is 0 Å². The summed E-state index contributed by atoms with van der Waals surface area (Å²) in [5, 5.41) is 12.3. The zero-order valence-electron chi connectivity index (χ0n) is 8.32. The Labute approximate surface area is 79.2 Å². The molecule has 3 atom stereocenters. The fourth-order valence-electron chi connectivity index (χ4n) is 1.77. The lowest BCUT2D eigenvalue weighted by Crippen LogP contribution is -2.48. The molecule has 1 saturated heterocycles. The molecule has 1 aliphatic rings. The van der Waals surface area contributed by atoms with Crippen LogP contribution in [0.4, 0.5) is 0 Å². The molecule has 2 N–H and O–H groups in total. The normalized spacial score (nSPS) is 34.8. The van der Waals surface area contributed by atoms with Gasteiger partial charge in [0.05, 0.1) is 12.7 Å². The number of ether oxygens (including phenoxy) is 2. The molecule has 0 bridgehead atoms. The fourth-order valence-corrected chi connectivity index (χ4v) is 1.77. The van der Waals surface area contributed by atoms with Crippen LogP contribution in [0, 0.1) is 0 Å². The van der Waals surface area contributed by atoms with Crippen LogP contribution in [0.1, 0.15) is 19.8 Å². The molecule has 1 aliphatic heterocycles. The Kier molecular flexibility index (Phi) is 4.66. The highest BCUT2D eigenvalue weighted by Crippen LogP contribution is 2.16. The van der Waals surface area contributed by atoms with Gasteiger partial charge in [-0.2, -0.15) is 0 Å². The monoisotopic (exact) mass is 189 g/mol. The summed E-state index contributed by atoms with van der Waals surface area (Å²) in [6, 6.07) is 0.582. The molecule has 1 rings (SSSR count). The van der Waals surface area contributed by atoms with E-state index in [-0.39, 0.29) is 18.8 Å². The molecular formula is C9H19NO3. The van der Waals surface area contributed by atoms with Gasteiger partial charge in [0.2, 0.25) is 0 Å². The van der Waals surface area contributed by atoms with Gasteiger partial charge in [0.1, 0.15) is 6.79 Å². The van der Waals surface area contributed by atoms with Gasteiger partial charge in [-0.3, -0.25) is 0 Å². The lowest BCUT2D eigenvalue weighted by molar-refractivity contribution is -0.0904. The first-order valence-corrected chi connectivity index (χ1v) is 4.73. The molecule has 0 aromatic rings.